The van der Waals surface area contributed by atoms with Crippen LogP contribution in [0.2, 0.25) is 0 Å². The smallest absolute Gasteiger partial charge is 0.166 e. The summed E-state index contributed by atoms with van der Waals surface area (Å²) in [5, 5.41) is 0. The number of hydrogen-bond acceptors (Lipinski definition) is 1. The van der Waals surface area contributed by atoms with E-state index in [0.717, 1.165) is 0 Å². The van der Waals surface area contributed by atoms with E-state index >= 15 is 0 Å². The van der Waals surface area contributed by atoms with Crippen molar-refractivity contribution >= 4 is 6.21 Å². The summed E-state index contributed by atoms with van der Waals surface area (Å²) in [6.07, 6.45) is -6.88. The summed E-state index contributed by atoms with van der Waals surface area (Å²) in [5.74, 6) is 0. The lowest BCUT2D eigenvalue weighted by Gasteiger charge is -2.13. The molecule has 0 N–H and O–H groups in total. The fraction of sp³-hybridized carbons (Fsp3) is 0.375. The lowest BCUT2D eigenvalue weighted by atomic mass is 10.0. The average molecular weight is 227 g/mol. The highest BCUT2D eigenvalue weighted by Gasteiger charge is 2.47. The van der Waals surface area contributed by atoms with Gasteiger partial charge in [0.1, 0.15) is 11.1 Å². The summed E-state index contributed by atoms with van der Waals surface area (Å²) >= 11 is 0. The van der Waals surface area contributed by atoms with Crippen LogP contribution in [0.5, 0.6) is 0 Å². The highest BCUT2D eigenvalue weighted by atomic mass is 19.4. The second kappa shape index (κ2) is 3.39. The lowest BCUT2D eigenvalue weighted by molar-refractivity contribution is -0.0948. The van der Waals surface area contributed by atoms with E-state index < -0.39 is 29.1 Å². The zero-order chi connectivity index (χ0) is 11.9. The average Bonchev–Trinajstić information content (AvgIpc) is 1.99. The number of halogens is 6. The van der Waals surface area contributed by atoms with Crippen LogP contribution in [0.1, 0.15) is 6.92 Å². The molecule has 1 nitrogen and oxygen atoms in total. The molecule has 0 aliphatic carbocycles. The summed E-state index contributed by atoms with van der Waals surface area (Å²) in [6, 6.07) is 0. The van der Waals surface area contributed by atoms with Gasteiger partial charge in [0.25, 0.3) is 0 Å². The Morgan fingerprint density at radius 1 is 1.00 bits per heavy atom. The quantitative estimate of drug-likeness (QED) is 0.564. The summed E-state index contributed by atoms with van der Waals surface area (Å²) in [4.78, 5) is 2.69. The molecule has 0 aromatic carbocycles. The molecule has 0 spiro atoms. The summed E-state index contributed by atoms with van der Waals surface area (Å²) in [6.45, 7) is 0.709. The Kier molecular flexibility index (Phi) is 2.67. The van der Waals surface area contributed by atoms with Crippen LogP contribution in [0.15, 0.2) is 16.7 Å². The van der Waals surface area contributed by atoms with Gasteiger partial charge in [-0.1, -0.05) is 0 Å². The maximum atomic E-state index is 12.2. The van der Waals surface area contributed by atoms with Crippen molar-refractivity contribution < 1.29 is 26.3 Å². The first-order valence-electron chi connectivity index (χ1n) is 3.58. The van der Waals surface area contributed by atoms with E-state index in [9.17, 15) is 26.3 Å². The molecule has 0 atom stereocenters. The van der Waals surface area contributed by atoms with E-state index in [2.05, 4.69) is 4.99 Å². The third kappa shape index (κ3) is 2.40. The first-order chi connectivity index (χ1) is 6.64. The molecule has 15 heavy (non-hydrogen) atoms. The van der Waals surface area contributed by atoms with Crippen LogP contribution in [-0.4, -0.2) is 18.6 Å². The van der Waals surface area contributed by atoms with Crippen molar-refractivity contribution in [3.63, 3.8) is 0 Å². The molecular weight excluding hydrogens is 224 g/mol. The number of allylic oxidation sites excluding steroid dienone is 3. The van der Waals surface area contributed by atoms with Crippen LogP contribution in [0.4, 0.5) is 26.3 Å². The fourth-order valence-electron chi connectivity index (χ4n) is 0.984. The summed E-state index contributed by atoms with van der Waals surface area (Å²) < 4.78 is 73.0. The van der Waals surface area contributed by atoms with Crippen LogP contribution < -0.4 is 4.99 Å². The van der Waals surface area contributed by atoms with Gasteiger partial charge >= 0.3 is 24.8 Å². The van der Waals surface area contributed by atoms with Crippen LogP contribution >= 0.6 is 0 Å². The first-order valence-corrected chi connectivity index (χ1v) is 3.58. The van der Waals surface area contributed by atoms with Gasteiger partial charge in [0, 0.05) is 0 Å². The number of rotatable bonds is 0. The molecule has 0 amide bonds. The molecule has 0 fully saturated rings. The molecule has 1 aliphatic heterocycles. The standard InChI is InChI=1S/C8H3F6N/c1-4-5(7(9,10)11)2-15-3-6(4)8(12,13)14/h1H3/q+1. The molecule has 81 valence electrons. The molecule has 1 rings (SSSR count). The predicted octanol–water partition coefficient (Wildman–Crippen LogP) is 2.41. The Morgan fingerprint density at radius 2 is 1.53 bits per heavy atom. The summed E-state index contributed by atoms with van der Waals surface area (Å²) in [7, 11) is 0. The number of aliphatic imine (C=N–C) groups is 1. The van der Waals surface area contributed by atoms with Gasteiger partial charge in [-0.05, 0) is 12.5 Å². The molecule has 0 saturated heterocycles. The Hall–Kier alpha value is -1.27. The van der Waals surface area contributed by atoms with Crippen LogP contribution in [-0.2, 0) is 0 Å². The highest BCUT2D eigenvalue weighted by Crippen LogP contribution is 2.37. The molecular formula is C8H3F6N+. The second-order valence-electron chi connectivity index (χ2n) is 2.71. The minimum atomic E-state index is -4.90. The lowest BCUT2D eigenvalue weighted by Crippen LogP contribution is -2.24. The Labute approximate surface area is 80.8 Å². The molecule has 0 unspecified atom stereocenters. The molecule has 7 heteroatoms. The molecule has 3 radical (unpaired) electrons. The SMILES string of the molecule is CC1=C(C(F)(F)F)[C]=[N+][C]=C1C(F)(F)F. The van der Waals surface area contributed by atoms with Crippen molar-refractivity contribution in [1.29, 1.82) is 0 Å². The molecule has 0 aromatic heterocycles. The Morgan fingerprint density at radius 3 is 1.93 bits per heavy atom. The zero-order valence-corrected chi connectivity index (χ0v) is 7.22. The van der Waals surface area contributed by atoms with Gasteiger partial charge in [0.15, 0.2) is 0 Å². The highest BCUT2D eigenvalue weighted by molar-refractivity contribution is 5.83. The van der Waals surface area contributed by atoms with Gasteiger partial charge in [0.2, 0.25) is 0 Å². The molecule has 0 saturated carbocycles. The Bertz CT molecular complexity index is 354. The minimum absolute atomic E-state index is 0.709. The third-order valence-electron chi connectivity index (χ3n) is 1.65. The normalized spacial score (nSPS) is 18.2. The maximum absolute atomic E-state index is 12.2. The number of alkyl halides is 6. The van der Waals surface area contributed by atoms with E-state index in [1.54, 1.807) is 0 Å². The monoisotopic (exact) mass is 227 g/mol. The minimum Gasteiger partial charge on any atom is -0.166 e. The molecule has 1 aliphatic rings. The van der Waals surface area contributed by atoms with Crippen molar-refractivity contribution in [1.82, 2.24) is 4.99 Å². The van der Waals surface area contributed by atoms with E-state index in [0.29, 0.717) is 6.92 Å². The zero-order valence-electron chi connectivity index (χ0n) is 7.22. The largest absolute Gasteiger partial charge is 0.423 e. The van der Waals surface area contributed by atoms with Crippen molar-refractivity contribution in [2.75, 3.05) is 0 Å². The second-order valence-corrected chi connectivity index (χ2v) is 2.71. The number of nitrogens with zero attached hydrogens (tertiary/aromatic N) is 1. The summed E-state index contributed by atoms with van der Waals surface area (Å²) in [5.41, 5.74) is -4.01. The predicted molar refractivity (Wildman–Crippen MR) is 38.7 cm³/mol. The fourth-order valence-corrected chi connectivity index (χ4v) is 0.984. The van der Waals surface area contributed by atoms with Gasteiger partial charge in [-0.3, -0.25) is 0 Å². The van der Waals surface area contributed by atoms with Crippen molar-refractivity contribution in [2.45, 2.75) is 19.3 Å². The van der Waals surface area contributed by atoms with E-state index in [1.165, 1.54) is 12.4 Å². The van der Waals surface area contributed by atoms with Crippen LogP contribution in [0, 0.1) is 6.20 Å². The van der Waals surface area contributed by atoms with E-state index in [4.69, 9.17) is 0 Å². The van der Waals surface area contributed by atoms with Crippen LogP contribution in [0.3, 0.4) is 0 Å². The topological polar surface area (TPSA) is 14.1 Å². The Balaban J connectivity index is 3.25. The van der Waals surface area contributed by atoms with E-state index in [1.807, 2.05) is 0 Å². The van der Waals surface area contributed by atoms with Gasteiger partial charge in [-0.2, -0.15) is 26.3 Å². The molecule has 1 heterocycles. The van der Waals surface area contributed by atoms with Gasteiger partial charge in [0.05, 0.1) is 4.99 Å². The van der Waals surface area contributed by atoms with E-state index in [-0.39, 0.29) is 0 Å². The third-order valence-corrected chi connectivity index (χ3v) is 1.65. The first kappa shape index (κ1) is 11.8. The van der Waals surface area contributed by atoms with Crippen molar-refractivity contribution in [3.05, 3.63) is 22.9 Å². The maximum Gasteiger partial charge on any atom is 0.423 e. The van der Waals surface area contributed by atoms with Gasteiger partial charge in [-0.15, -0.1) is 0 Å². The van der Waals surface area contributed by atoms with Crippen molar-refractivity contribution in [2.24, 2.45) is 0 Å². The molecule has 0 aromatic rings. The number of hydrogen-bond donors (Lipinski definition) is 0. The van der Waals surface area contributed by atoms with Gasteiger partial charge in [-0.25, -0.2) is 0 Å². The molecule has 0 bridgehead atoms. The van der Waals surface area contributed by atoms with Gasteiger partial charge < -0.3 is 0 Å². The van der Waals surface area contributed by atoms with Crippen LogP contribution in [0.25, 0.3) is 0 Å². The van der Waals surface area contributed by atoms with Crippen molar-refractivity contribution in [3.8, 4) is 0 Å².